The standard InChI is InChI=1S/C29H33BrClN3O4S/c1-21-14-15-25(31)19-26(21)34(39(3,37)38)16-8-13-28(35)33(20-23-11-7-12-24(30)17-23)27(29(36)32-2)18-22-9-5-4-6-10-22/h4-7,9-12,14-15,17,19,27H,8,13,16,18,20H2,1-3H3,(H,32,36)/t27-/m1/s1. The van der Waals surface area contributed by atoms with E-state index in [-0.39, 0.29) is 37.7 Å². The summed E-state index contributed by atoms with van der Waals surface area (Å²) in [4.78, 5) is 28.4. The third-order valence-electron chi connectivity index (χ3n) is 6.35. The summed E-state index contributed by atoms with van der Waals surface area (Å²) in [5.41, 5.74) is 3.04. The van der Waals surface area contributed by atoms with Crippen molar-refractivity contribution in [3.63, 3.8) is 0 Å². The fourth-order valence-electron chi connectivity index (χ4n) is 4.39. The molecule has 0 saturated carbocycles. The van der Waals surface area contributed by atoms with E-state index in [1.165, 1.54) is 4.31 Å². The molecule has 0 aliphatic carbocycles. The van der Waals surface area contributed by atoms with Gasteiger partial charge < -0.3 is 10.2 Å². The highest BCUT2D eigenvalue weighted by molar-refractivity contribution is 9.10. The highest BCUT2D eigenvalue weighted by Gasteiger charge is 2.30. The minimum absolute atomic E-state index is 0.0575. The molecule has 0 saturated heterocycles. The summed E-state index contributed by atoms with van der Waals surface area (Å²) in [6, 6.07) is 21.5. The highest BCUT2D eigenvalue weighted by Crippen LogP contribution is 2.27. The van der Waals surface area contributed by atoms with Crippen LogP contribution in [0.15, 0.2) is 77.3 Å². The Morgan fingerprint density at radius 1 is 1.00 bits per heavy atom. The zero-order valence-electron chi connectivity index (χ0n) is 22.2. The first-order valence-corrected chi connectivity index (χ1v) is 15.5. The number of halogens is 2. The lowest BCUT2D eigenvalue weighted by Crippen LogP contribution is -2.49. The molecule has 3 rings (SSSR count). The van der Waals surface area contributed by atoms with E-state index in [0.29, 0.717) is 17.1 Å². The summed E-state index contributed by atoms with van der Waals surface area (Å²) < 4.78 is 27.4. The van der Waals surface area contributed by atoms with E-state index < -0.39 is 16.1 Å². The second-order valence-electron chi connectivity index (χ2n) is 9.34. The van der Waals surface area contributed by atoms with Crippen molar-refractivity contribution in [3.8, 4) is 0 Å². The van der Waals surface area contributed by atoms with Gasteiger partial charge in [-0.25, -0.2) is 8.42 Å². The van der Waals surface area contributed by atoms with Crippen LogP contribution in [-0.4, -0.2) is 51.0 Å². The maximum atomic E-state index is 13.7. The Hall–Kier alpha value is -2.88. The molecular weight excluding hydrogens is 602 g/mol. The zero-order valence-corrected chi connectivity index (χ0v) is 25.4. The summed E-state index contributed by atoms with van der Waals surface area (Å²) in [5, 5.41) is 3.13. The van der Waals surface area contributed by atoms with Gasteiger partial charge in [-0.2, -0.15) is 0 Å². The fraction of sp³-hybridized carbons (Fsp3) is 0.310. The van der Waals surface area contributed by atoms with Gasteiger partial charge in [0.1, 0.15) is 6.04 Å². The molecule has 0 bridgehead atoms. The maximum absolute atomic E-state index is 13.7. The molecule has 3 aromatic carbocycles. The number of amides is 2. The molecule has 1 atom stereocenters. The molecule has 1 N–H and O–H groups in total. The van der Waals surface area contributed by atoms with E-state index in [1.54, 1.807) is 30.1 Å². The Morgan fingerprint density at radius 3 is 2.33 bits per heavy atom. The summed E-state index contributed by atoms with van der Waals surface area (Å²) in [6.07, 6.45) is 1.80. The third kappa shape index (κ3) is 8.81. The molecule has 208 valence electrons. The molecule has 0 aromatic heterocycles. The van der Waals surface area contributed by atoms with E-state index in [9.17, 15) is 18.0 Å². The SMILES string of the molecule is CNC(=O)[C@@H](Cc1ccccc1)N(Cc1cccc(Br)c1)C(=O)CCCN(c1cc(Cl)ccc1C)S(C)(=O)=O. The molecule has 2 amide bonds. The van der Waals surface area contributed by atoms with Crippen molar-refractivity contribution >= 4 is 55.1 Å². The van der Waals surface area contributed by atoms with Crippen LogP contribution in [0.2, 0.25) is 5.02 Å². The summed E-state index contributed by atoms with van der Waals surface area (Å²) in [6.45, 7) is 2.14. The first-order valence-electron chi connectivity index (χ1n) is 12.5. The fourth-order valence-corrected chi connectivity index (χ4v) is 6.01. The van der Waals surface area contributed by atoms with Crippen LogP contribution in [0.25, 0.3) is 0 Å². The predicted octanol–water partition coefficient (Wildman–Crippen LogP) is 5.34. The molecule has 0 heterocycles. The minimum atomic E-state index is -3.62. The minimum Gasteiger partial charge on any atom is -0.357 e. The average Bonchev–Trinajstić information content (AvgIpc) is 2.89. The Kier molecular flexibility index (Phi) is 11.0. The maximum Gasteiger partial charge on any atom is 0.242 e. The molecule has 0 aliphatic rings. The van der Waals surface area contributed by atoms with E-state index >= 15 is 0 Å². The topological polar surface area (TPSA) is 86.8 Å². The van der Waals surface area contributed by atoms with Crippen LogP contribution < -0.4 is 9.62 Å². The van der Waals surface area contributed by atoms with Crippen molar-refractivity contribution in [1.29, 1.82) is 0 Å². The van der Waals surface area contributed by atoms with E-state index in [2.05, 4.69) is 21.2 Å². The molecule has 0 spiro atoms. The van der Waals surface area contributed by atoms with E-state index in [0.717, 1.165) is 27.4 Å². The Balaban J connectivity index is 1.86. The number of carbonyl (C=O) groups is 2. The van der Waals surface area contributed by atoms with Crippen LogP contribution in [0.1, 0.15) is 29.5 Å². The second kappa shape index (κ2) is 14.0. The quantitative estimate of drug-likeness (QED) is 0.291. The molecule has 0 radical (unpaired) electrons. The molecule has 0 aliphatic heterocycles. The normalized spacial score (nSPS) is 12.0. The predicted molar refractivity (Wildman–Crippen MR) is 160 cm³/mol. The lowest BCUT2D eigenvalue weighted by molar-refractivity contribution is -0.141. The van der Waals surface area contributed by atoms with Crippen molar-refractivity contribution in [2.75, 3.05) is 24.2 Å². The summed E-state index contributed by atoms with van der Waals surface area (Å²) >= 11 is 9.62. The number of rotatable bonds is 12. The Bertz CT molecular complexity index is 1400. The van der Waals surface area contributed by atoms with Crippen molar-refractivity contribution in [3.05, 3.63) is 99.0 Å². The number of benzene rings is 3. The van der Waals surface area contributed by atoms with Gasteiger partial charge in [0.05, 0.1) is 11.9 Å². The molecule has 7 nitrogen and oxygen atoms in total. The second-order valence-corrected chi connectivity index (χ2v) is 12.6. The molecule has 3 aromatic rings. The van der Waals surface area contributed by atoms with Crippen molar-refractivity contribution in [1.82, 2.24) is 10.2 Å². The number of nitrogens with zero attached hydrogens (tertiary/aromatic N) is 2. The smallest absolute Gasteiger partial charge is 0.242 e. The molecule has 39 heavy (non-hydrogen) atoms. The number of aryl methyl sites for hydroxylation is 1. The highest BCUT2D eigenvalue weighted by atomic mass is 79.9. The first-order chi connectivity index (χ1) is 18.5. The largest absolute Gasteiger partial charge is 0.357 e. The van der Waals surface area contributed by atoms with Crippen LogP contribution in [0.5, 0.6) is 0 Å². The van der Waals surface area contributed by atoms with E-state index in [4.69, 9.17) is 11.6 Å². The van der Waals surface area contributed by atoms with Gasteiger partial charge >= 0.3 is 0 Å². The van der Waals surface area contributed by atoms with Crippen molar-refractivity contribution in [2.24, 2.45) is 0 Å². The van der Waals surface area contributed by atoms with Crippen molar-refractivity contribution in [2.45, 2.75) is 38.8 Å². The number of carbonyl (C=O) groups excluding carboxylic acids is 2. The summed E-state index contributed by atoms with van der Waals surface area (Å²) in [5.74, 6) is -0.509. The van der Waals surface area contributed by atoms with Crippen LogP contribution in [0.3, 0.4) is 0 Å². The van der Waals surface area contributed by atoms with Crippen LogP contribution in [0.4, 0.5) is 5.69 Å². The molecule has 0 fully saturated rings. The van der Waals surface area contributed by atoms with E-state index in [1.807, 2.05) is 61.5 Å². The van der Waals surface area contributed by atoms with Gasteiger partial charge in [-0.1, -0.05) is 76.1 Å². The zero-order chi connectivity index (χ0) is 28.6. The lowest BCUT2D eigenvalue weighted by Gasteiger charge is -2.32. The van der Waals surface area contributed by atoms with Gasteiger partial charge in [0.25, 0.3) is 0 Å². The number of hydrogen-bond acceptors (Lipinski definition) is 4. The number of hydrogen-bond donors (Lipinski definition) is 1. The Labute approximate surface area is 244 Å². The van der Waals surface area contributed by atoms with Crippen LogP contribution in [-0.2, 0) is 32.6 Å². The third-order valence-corrected chi connectivity index (χ3v) is 8.26. The molecule has 0 unspecified atom stereocenters. The van der Waals surface area contributed by atoms with Gasteiger partial charge in [0.15, 0.2) is 0 Å². The van der Waals surface area contributed by atoms with Crippen LogP contribution >= 0.6 is 27.5 Å². The number of sulfonamides is 1. The Morgan fingerprint density at radius 2 is 1.69 bits per heavy atom. The van der Waals surface area contributed by atoms with Gasteiger partial charge in [-0.15, -0.1) is 0 Å². The average molecular weight is 635 g/mol. The van der Waals surface area contributed by atoms with Crippen LogP contribution in [0, 0.1) is 6.92 Å². The monoisotopic (exact) mass is 633 g/mol. The molecular formula is C29H33BrClN3O4S. The van der Waals surface area contributed by atoms with Gasteiger partial charge in [0.2, 0.25) is 21.8 Å². The molecule has 10 heteroatoms. The van der Waals surface area contributed by atoms with Gasteiger partial charge in [-0.3, -0.25) is 13.9 Å². The van der Waals surface area contributed by atoms with Gasteiger partial charge in [0, 0.05) is 42.5 Å². The number of nitrogens with one attached hydrogen (secondary N) is 1. The number of likely N-dealkylation sites (N-methyl/N-ethyl adjacent to an activating group) is 1. The summed E-state index contributed by atoms with van der Waals surface area (Å²) in [7, 11) is -2.07. The first kappa shape index (κ1) is 30.7. The van der Waals surface area contributed by atoms with Gasteiger partial charge in [-0.05, 0) is 54.3 Å². The number of anilines is 1. The van der Waals surface area contributed by atoms with Crippen molar-refractivity contribution < 1.29 is 18.0 Å². The lowest BCUT2D eigenvalue weighted by atomic mass is 10.0.